The second-order valence-electron chi connectivity index (χ2n) is 11.9. The largest absolute Gasteiger partial charge is 0.393 e. The Bertz CT molecular complexity index is 712. The van der Waals surface area contributed by atoms with Gasteiger partial charge in [0, 0.05) is 6.42 Å². The van der Waals surface area contributed by atoms with Gasteiger partial charge in [-0.1, -0.05) is 45.1 Å². The van der Waals surface area contributed by atoms with Crippen molar-refractivity contribution in [3.05, 3.63) is 35.5 Å². The maximum atomic E-state index is 10.2. The van der Waals surface area contributed by atoms with E-state index in [1.165, 1.54) is 25.7 Å². The van der Waals surface area contributed by atoms with Crippen molar-refractivity contribution in [2.75, 3.05) is 0 Å². The van der Waals surface area contributed by atoms with E-state index in [-0.39, 0.29) is 0 Å². The first-order valence-corrected chi connectivity index (χ1v) is 12.6. The minimum atomic E-state index is -0.618. The molecule has 0 aliphatic heterocycles. The van der Waals surface area contributed by atoms with Gasteiger partial charge in [0.1, 0.15) is 0 Å². The molecule has 0 spiro atoms. The van der Waals surface area contributed by atoms with Gasteiger partial charge < -0.3 is 15.3 Å². The molecular weight excluding hydrogens is 384 g/mol. The summed E-state index contributed by atoms with van der Waals surface area (Å²) in [6.07, 6.45) is 12.6. The first kappa shape index (κ1) is 24.7. The Morgan fingerprint density at radius 2 is 1.90 bits per heavy atom. The number of aliphatic hydroxyl groups is 3. The topological polar surface area (TPSA) is 60.7 Å². The van der Waals surface area contributed by atoms with Gasteiger partial charge >= 0.3 is 0 Å². The van der Waals surface area contributed by atoms with Crippen LogP contribution in [0.3, 0.4) is 0 Å². The van der Waals surface area contributed by atoms with Crippen LogP contribution < -0.4 is 0 Å². The molecule has 0 amide bonds. The van der Waals surface area contributed by atoms with Crippen LogP contribution in [0, 0.1) is 29.1 Å². The van der Waals surface area contributed by atoms with Crippen LogP contribution in [0.5, 0.6) is 0 Å². The highest BCUT2D eigenvalue weighted by atomic mass is 16.3. The van der Waals surface area contributed by atoms with Crippen molar-refractivity contribution in [2.24, 2.45) is 29.1 Å². The van der Waals surface area contributed by atoms with E-state index in [0.29, 0.717) is 36.0 Å². The fourth-order valence-electron chi connectivity index (χ4n) is 6.85. The Labute approximate surface area is 190 Å². The van der Waals surface area contributed by atoms with Crippen LogP contribution in [-0.2, 0) is 0 Å². The van der Waals surface area contributed by atoms with Crippen molar-refractivity contribution >= 4 is 0 Å². The average molecular weight is 431 g/mol. The zero-order valence-electron chi connectivity index (χ0n) is 20.5. The molecule has 0 bridgehead atoms. The van der Waals surface area contributed by atoms with Crippen molar-refractivity contribution in [2.45, 2.75) is 110 Å². The lowest BCUT2D eigenvalue weighted by molar-refractivity contribution is 0.0447. The van der Waals surface area contributed by atoms with Gasteiger partial charge in [-0.15, -0.1) is 0 Å². The second-order valence-corrected chi connectivity index (χ2v) is 11.9. The van der Waals surface area contributed by atoms with E-state index < -0.39 is 17.8 Å². The molecule has 0 saturated heterocycles. The quantitative estimate of drug-likeness (QED) is 0.488. The fourth-order valence-corrected chi connectivity index (χ4v) is 6.85. The molecule has 3 rings (SSSR count). The van der Waals surface area contributed by atoms with Crippen molar-refractivity contribution < 1.29 is 15.3 Å². The molecule has 3 aliphatic rings. The Balaban J connectivity index is 1.74. The summed E-state index contributed by atoms with van der Waals surface area (Å²) < 4.78 is 0. The van der Waals surface area contributed by atoms with Gasteiger partial charge in [0.05, 0.1) is 17.8 Å². The van der Waals surface area contributed by atoms with Crippen LogP contribution in [0.15, 0.2) is 35.5 Å². The Morgan fingerprint density at radius 1 is 1.19 bits per heavy atom. The minimum Gasteiger partial charge on any atom is -0.393 e. The number of rotatable bonds is 6. The molecule has 0 aromatic heterocycles. The number of aliphatic hydroxyl groups excluding tert-OH is 2. The predicted molar refractivity (Wildman–Crippen MR) is 129 cm³/mol. The molecule has 3 aliphatic carbocycles. The number of hydrogen-bond donors (Lipinski definition) is 3. The smallest absolute Gasteiger partial charge is 0.0811 e. The first-order chi connectivity index (χ1) is 14.4. The van der Waals surface area contributed by atoms with Gasteiger partial charge in [-0.25, -0.2) is 0 Å². The summed E-state index contributed by atoms with van der Waals surface area (Å²) >= 11 is 0. The molecule has 0 unspecified atom stereocenters. The van der Waals surface area contributed by atoms with Crippen LogP contribution in [0.25, 0.3) is 0 Å². The molecule has 3 saturated carbocycles. The van der Waals surface area contributed by atoms with Gasteiger partial charge in [-0.3, -0.25) is 0 Å². The molecule has 0 heterocycles. The Hall–Kier alpha value is -0.900. The predicted octanol–water partition coefficient (Wildman–Crippen LogP) is 5.95. The third kappa shape index (κ3) is 5.54. The minimum absolute atomic E-state index is 0.355. The molecular formula is C28H46O3. The summed E-state index contributed by atoms with van der Waals surface area (Å²) in [7, 11) is 0. The molecule has 7 atom stereocenters. The summed E-state index contributed by atoms with van der Waals surface area (Å²) in [6, 6.07) is 0. The van der Waals surface area contributed by atoms with Crippen LogP contribution in [0.2, 0.25) is 0 Å². The standard InChI is InChI=1S/C28H46O3/c1-18(13-15-27(4,5)31)19(2)24-11-12-25-21(8-7-14-28(24,25)6)9-10-22-16-23(29)17-26(30)20(22)3/h9-10,18-19,23-26,29-31H,3,7-8,11-17H2,1-2,4-6H3/b21-9+,22-10-/t18-,19+,23-,24-,25+,26+,28-/m1/s1. The summed E-state index contributed by atoms with van der Waals surface area (Å²) in [6.45, 7) is 15.3. The molecule has 3 N–H and O–H groups in total. The van der Waals surface area contributed by atoms with Crippen LogP contribution in [0.4, 0.5) is 0 Å². The highest BCUT2D eigenvalue weighted by Gasteiger charge is 2.51. The molecule has 3 fully saturated rings. The third-order valence-electron chi connectivity index (χ3n) is 9.05. The van der Waals surface area contributed by atoms with E-state index in [1.807, 2.05) is 13.8 Å². The van der Waals surface area contributed by atoms with Crippen LogP contribution in [-0.4, -0.2) is 33.1 Å². The summed E-state index contributed by atoms with van der Waals surface area (Å²) in [5.41, 5.74) is 3.12. The highest BCUT2D eigenvalue weighted by Crippen LogP contribution is 2.60. The van der Waals surface area contributed by atoms with Gasteiger partial charge in [-0.05, 0) is 105 Å². The van der Waals surface area contributed by atoms with Gasteiger partial charge in [0.2, 0.25) is 0 Å². The van der Waals surface area contributed by atoms with E-state index in [0.717, 1.165) is 36.3 Å². The van der Waals surface area contributed by atoms with E-state index >= 15 is 0 Å². The molecule has 3 heteroatoms. The number of hydrogen-bond acceptors (Lipinski definition) is 3. The first-order valence-electron chi connectivity index (χ1n) is 12.6. The molecule has 0 aromatic rings. The lowest BCUT2D eigenvalue weighted by Gasteiger charge is -2.45. The summed E-state index contributed by atoms with van der Waals surface area (Å²) in [5.74, 6) is 2.66. The average Bonchev–Trinajstić information content (AvgIpc) is 3.04. The molecule has 3 nitrogen and oxygen atoms in total. The monoisotopic (exact) mass is 430 g/mol. The second kappa shape index (κ2) is 9.53. The third-order valence-corrected chi connectivity index (χ3v) is 9.05. The number of fused-ring (bicyclic) bond motifs is 1. The molecule has 176 valence electrons. The maximum absolute atomic E-state index is 10.2. The van der Waals surface area contributed by atoms with Crippen molar-refractivity contribution in [3.8, 4) is 0 Å². The highest BCUT2D eigenvalue weighted by molar-refractivity contribution is 5.38. The van der Waals surface area contributed by atoms with Crippen molar-refractivity contribution in [1.82, 2.24) is 0 Å². The Kier molecular flexibility index (Phi) is 7.61. The maximum Gasteiger partial charge on any atom is 0.0811 e. The van der Waals surface area contributed by atoms with E-state index in [4.69, 9.17) is 0 Å². The van der Waals surface area contributed by atoms with Crippen LogP contribution >= 0.6 is 0 Å². The summed E-state index contributed by atoms with van der Waals surface area (Å²) in [5, 5.41) is 30.4. The summed E-state index contributed by atoms with van der Waals surface area (Å²) in [4.78, 5) is 0. The van der Waals surface area contributed by atoms with Crippen molar-refractivity contribution in [3.63, 3.8) is 0 Å². The van der Waals surface area contributed by atoms with Gasteiger partial charge in [-0.2, -0.15) is 0 Å². The zero-order valence-corrected chi connectivity index (χ0v) is 20.5. The molecule has 31 heavy (non-hydrogen) atoms. The van der Waals surface area contributed by atoms with E-state index in [9.17, 15) is 15.3 Å². The number of allylic oxidation sites excluding steroid dienone is 3. The zero-order chi connectivity index (χ0) is 23.0. The lowest BCUT2D eigenvalue weighted by atomic mass is 9.59. The van der Waals surface area contributed by atoms with E-state index in [1.54, 1.807) is 5.57 Å². The van der Waals surface area contributed by atoms with Gasteiger partial charge in [0.25, 0.3) is 0 Å². The SMILES string of the molecule is C=C1/C(=C\C=C2/CCC[C@]3(C)[C@@H]([C@@H](C)[C@H](C)CCC(C)(C)O)CC[C@@H]23)C[C@@H](O)C[C@@H]1O. The molecule has 0 radical (unpaired) electrons. The fraction of sp³-hybridized carbons (Fsp3) is 0.786. The van der Waals surface area contributed by atoms with Crippen LogP contribution in [0.1, 0.15) is 92.4 Å². The molecule has 0 aromatic carbocycles. The van der Waals surface area contributed by atoms with Crippen molar-refractivity contribution in [1.29, 1.82) is 0 Å². The Morgan fingerprint density at radius 3 is 2.58 bits per heavy atom. The van der Waals surface area contributed by atoms with E-state index in [2.05, 4.69) is 39.5 Å². The lowest BCUT2D eigenvalue weighted by Crippen LogP contribution is -2.37. The van der Waals surface area contributed by atoms with Gasteiger partial charge in [0.15, 0.2) is 0 Å². The normalized spacial score (nSPS) is 39.0.